The summed E-state index contributed by atoms with van der Waals surface area (Å²) < 4.78 is 5.11. The van der Waals surface area contributed by atoms with Gasteiger partial charge in [0, 0.05) is 25.1 Å². The summed E-state index contributed by atoms with van der Waals surface area (Å²) in [4.78, 5) is 3.46. The van der Waals surface area contributed by atoms with Crippen LogP contribution in [0.5, 0.6) is 0 Å². The van der Waals surface area contributed by atoms with Gasteiger partial charge in [-0.25, -0.2) is 0 Å². The minimum atomic E-state index is 0.501. The van der Waals surface area contributed by atoms with E-state index in [0.29, 0.717) is 5.92 Å². The predicted molar refractivity (Wildman–Crippen MR) is 74.3 cm³/mol. The van der Waals surface area contributed by atoms with Crippen LogP contribution in [0.3, 0.4) is 0 Å². The zero-order valence-electron chi connectivity index (χ0n) is 11.3. The fourth-order valence-corrected chi connectivity index (χ4v) is 1.72. The number of hydrogen-bond acceptors (Lipinski definition) is 1. The van der Waals surface area contributed by atoms with Crippen LogP contribution in [0.2, 0.25) is 0 Å². The van der Waals surface area contributed by atoms with Crippen LogP contribution in [0.1, 0.15) is 43.1 Å². The highest BCUT2D eigenvalue weighted by atomic mass is 16.5. The average Bonchev–Trinajstić information content (AvgIpc) is 2.65. The molecule has 1 N–H and O–H groups in total. The molecule has 94 valence electrons. The summed E-state index contributed by atoms with van der Waals surface area (Å²) >= 11 is 0. The van der Waals surface area contributed by atoms with Gasteiger partial charge >= 0.3 is 0 Å². The topological polar surface area (TPSA) is 25.0 Å². The second-order valence-electron chi connectivity index (χ2n) is 4.68. The summed E-state index contributed by atoms with van der Waals surface area (Å²) in [6.07, 6.45) is 5.16. The molecular weight excluding hydrogens is 210 g/mol. The smallest absolute Gasteiger partial charge is 0.0468 e. The molecule has 0 saturated carbocycles. The van der Waals surface area contributed by atoms with E-state index in [9.17, 15) is 0 Å². The van der Waals surface area contributed by atoms with E-state index in [-0.39, 0.29) is 0 Å². The van der Waals surface area contributed by atoms with Crippen LogP contribution in [0.15, 0.2) is 24.3 Å². The molecule has 1 aromatic rings. The van der Waals surface area contributed by atoms with Gasteiger partial charge in [-0.3, -0.25) is 0 Å². The molecule has 0 bridgehead atoms. The molecule has 0 aliphatic heterocycles. The molecule has 2 heteroatoms. The summed E-state index contributed by atoms with van der Waals surface area (Å²) in [5.74, 6) is 0.501. The number of methoxy groups -OCH3 is 1. The van der Waals surface area contributed by atoms with Gasteiger partial charge in [0.2, 0.25) is 0 Å². The van der Waals surface area contributed by atoms with E-state index >= 15 is 0 Å². The van der Waals surface area contributed by atoms with Crippen molar-refractivity contribution in [3.8, 4) is 0 Å². The average molecular weight is 233 g/mol. The third-order valence-electron chi connectivity index (χ3n) is 2.90. The van der Waals surface area contributed by atoms with E-state index in [1.807, 2.05) is 13.0 Å². The Hall–Kier alpha value is -1.28. The molecule has 2 nitrogen and oxygen atoms in total. The van der Waals surface area contributed by atoms with Crippen molar-refractivity contribution < 1.29 is 4.74 Å². The van der Waals surface area contributed by atoms with Crippen molar-refractivity contribution in [2.75, 3.05) is 13.7 Å². The Labute approximate surface area is 104 Å². The fourth-order valence-electron chi connectivity index (χ4n) is 1.72. The molecule has 0 fully saturated rings. The van der Waals surface area contributed by atoms with Gasteiger partial charge in [0.15, 0.2) is 0 Å². The van der Waals surface area contributed by atoms with Gasteiger partial charge in [-0.2, -0.15) is 0 Å². The lowest BCUT2D eigenvalue weighted by atomic mass is 10.0. The first kappa shape index (κ1) is 13.8. The Balaban J connectivity index is 2.76. The van der Waals surface area contributed by atoms with Crippen molar-refractivity contribution in [2.24, 2.45) is 0 Å². The Bertz CT molecular complexity index is 401. The zero-order chi connectivity index (χ0) is 12.8. The van der Waals surface area contributed by atoms with E-state index in [1.54, 1.807) is 7.11 Å². The molecule has 1 rings (SSSR count). The Kier molecular flexibility index (Phi) is 5.23. The maximum atomic E-state index is 5.11. The van der Waals surface area contributed by atoms with Crippen LogP contribution in [0, 0.1) is 6.92 Å². The monoisotopic (exact) mass is 233 g/mol. The van der Waals surface area contributed by atoms with Crippen molar-refractivity contribution in [1.29, 1.82) is 0 Å². The second kappa shape index (κ2) is 6.45. The maximum Gasteiger partial charge on any atom is 0.0468 e. The van der Waals surface area contributed by atoms with E-state index in [0.717, 1.165) is 18.6 Å². The highest BCUT2D eigenvalue weighted by molar-refractivity contribution is 5.53. The standard InChI is InChI=1S/C15H23NO/c1-11(2)6-7-14-13(4)10-15(16-14)12(3)8-9-17-5/h6-7,10,12,16H,1,8-9H2,2-5H3/b7-6-. The Morgan fingerprint density at radius 3 is 2.88 bits per heavy atom. The van der Waals surface area contributed by atoms with Gasteiger partial charge in [0.25, 0.3) is 0 Å². The highest BCUT2D eigenvalue weighted by Crippen LogP contribution is 2.22. The first-order chi connectivity index (χ1) is 8.04. The van der Waals surface area contributed by atoms with Crippen LogP contribution in [0.4, 0.5) is 0 Å². The molecule has 0 spiro atoms. The molecule has 1 heterocycles. The third kappa shape index (κ3) is 4.23. The first-order valence-electron chi connectivity index (χ1n) is 6.06. The van der Waals surface area contributed by atoms with Gasteiger partial charge in [-0.05, 0) is 43.9 Å². The van der Waals surface area contributed by atoms with Crippen LogP contribution < -0.4 is 0 Å². The number of ether oxygens (including phenoxy) is 1. The van der Waals surface area contributed by atoms with Crippen LogP contribution in [0.25, 0.3) is 6.08 Å². The van der Waals surface area contributed by atoms with Crippen molar-refractivity contribution in [3.63, 3.8) is 0 Å². The van der Waals surface area contributed by atoms with Crippen LogP contribution in [-0.4, -0.2) is 18.7 Å². The van der Waals surface area contributed by atoms with Crippen molar-refractivity contribution in [3.05, 3.63) is 41.2 Å². The molecule has 0 aromatic carbocycles. The van der Waals surface area contributed by atoms with E-state index < -0.39 is 0 Å². The van der Waals surface area contributed by atoms with Gasteiger partial charge in [-0.1, -0.05) is 25.2 Å². The Morgan fingerprint density at radius 1 is 1.59 bits per heavy atom. The van der Waals surface area contributed by atoms with E-state index in [1.165, 1.54) is 17.0 Å². The lowest BCUT2D eigenvalue weighted by Crippen LogP contribution is -1.99. The molecule has 0 saturated heterocycles. The van der Waals surface area contributed by atoms with Crippen molar-refractivity contribution >= 4 is 6.08 Å². The zero-order valence-corrected chi connectivity index (χ0v) is 11.3. The number of hydrogen-bond donors (Lipinski definition) is 1. The predicted octanol–water partition coefficient (Wildman–Crippen LogP) is 4.05. The van der Waals surface area contributed by atoms with E-state index in [2.05, 4.69) is 37.6 Å². The summed E-state index contributed by atoms with van der Waals surface area (Å²) in [6.45, 7) is 11.0. The lowest BCUT2D eigenvalue weighted by Gasteiger charge is -2.08. The van der Waals surface area contributed by atoms with Gasteiger partial charge in [-0.15, -0.1) is 0 Å². The number of nitrogens with one attached hydrogen (secondary N) is 1. The molecule has 0 aliphatic carbocycles. The second-order valence-corrected chi connectivity index (χ2v) is 4.68. The molecule has 17 heavy (non-hydrogen) atoms. The number of aromatic amines is 1. The molecule has 0 radical (unpaired) electrons. The van der Waals surface area contributed by atoms with E-state index in [4.69, 9.17) is 4.74 Å². The number of aryl methyl sites for hydroxylation is 1. The third-order valence-corrected chi connectivity index (χ3v) is 2.90. The van der Waals surface area contributed by atoms with Gasteiger partial charge < -0.3 is 9.72 Å². The molecular formula is C15H23NO. The first-order valence-corrected chi connectivity index (χ1v) is 6.06. The number of H-pyrrole nitrogens is 1. The molecule has 1 aromatic heterocycles. The Morgan fingerprint density at radius 2 is 2.29 bits per heavy atom. The lowest BCUT2D eigenvalue weighted by molar-refractivity contribution is 0.189. The van der Waals surface area contributed by atoms with Gasteiger partial charge in [0.05, 0.1) is 0 Å². The molecule has 1 unspecified atom stereocenters. The molecule has 1 atom stereocenters. The summed E-state index contributed by atoms with van der Waals surface area (Å²) in [5, 5.41) is 0. The minimum Gasteiger partial charge on any atom is -0.385 e. The van der Waals surface area contributed by atoms with Crippen molar-refractivity contribution in [1.82, 2.24) is 4.98 Å². The normalized spacial score (nSPS) is 13.2. The minimum absolute atomic E-state index is 0.501. The highest BCUT2D eigenvalue weighted by Gasteiger charge is 2.09. The van der Waals surface area contributed by atoms with Crippen LogP contribution >= 0.6 is 0 Å². The SMILES string of the molecule is C=C(C)/C=C\c1[nH]c(C(C)CCOC)cc1C. The van der Waals surface area contributed by atoms with Crippen LogP contribution in [-0.2, 0) is 4.74 Å². The maximum absolute atomic E-state index is 5.11. The van der Waals surface area contributed by atoms with Gasteiger partial charge in [0.1, 0.15) is 0 Å². The van der Waals surface area contributed by atoms with Crippen molar-refractivity contribution in [2.45, 2.75) is 33.1 Å². The number of allylic oxidation sites excluding steroid dienone is 2. The summed E-state index contributed by atoms with van der Waals surface area (Å²) in [6, 6.07) is 2.22. The molecule has 0 amide bonds. The number of rotatable bonds is 6. The summed E-state index contributed by atoms with van der Waals surface area (Å²) in [7, 11) is 1.74. The summed E-state index contributed by atoms with van der Waals surface area (Å²) in [5.41, 5.74) is 4.79. The number of aromatic nitrogens is 1. The quantitative estimate of drug-likeness (QED) is 0.737. The fraction of sp³-hybridized carbons (Fsp3) is 0.467. The largest absolute Gasteiger partial charge is 0.385 e. The molecule has 0 aliphatic rings.